The molecule has 20 heavy (non-hydrogen) atoms. The third kappa shape index (κ3) is 2.93. The van der Waals surface area contributed by atoms with Crippen LogP contribution in [0.5, 0.6) is 0 Å². The summed E-state index contributed by atoms with van der Waals surface area (Å²) in [5.41, 5.74) is -0.643. The lowest BCUT2D eigenvalue weighted by Gasteiger charge is -2.11. The maximum absolute atomic E-state index is 12.7. The van der Waals surface area contributed by atoms with Crippen LogP contribution in [0.15, 0.2) is 42.5 Å². The van der Waals surface area contributed by atoms with Crippen LogP contribution in [0.1, 0.15) is 15.9 Å². The van der Waals surface area contributed by atoms with Crippen molar-refractivity contribution in [2.24, 2.45) is 0 Å². The summed E-state index contributed by atoms with van der Waals surface area (Å²) >= 11 is 5.79. The Bertz CT molecular complexity index is 666. The molecule has 0 amide bonds. The van der Waals surface area contributed by atoms with Gasteiger partial charge in [0.15, 0.2) is 0 Å². The number of alkyl halides is 3. The Morgan fingerprint density at radius 1 is 1.10 bits per heavy atom. The smallest absolute Gasteiger partial charge is 0.416 e. The Morgan fingerprint density at radius 3 is 2.40 bits per heavy atom. The molecule has 104 valence electrons. The van der Waals surface area contributed by atoms with Gasteiger partial charge < -0.3 is 5.11 Å². The zero-order valence-corrected chi connectivity index (χ0v) is 10.7. The van der Waals surface area contributed by atoms with Crippen molar-refractivity contribution >= 4 is 17.6 Å². The van der Waals surface area contributed by atoms with E-state index in [1.54, 1.807) is 0 Å². The molecule has 0 aliphatic heterocycles. The zero-order valence-electron chi connectivity index (χ0n) is 9.91. The van der Waals surface area contributed by atoms with Crippen molar-refractivity contribution in [2.75, 3.05) is 0 Å². The van der Waals surface area contributed by atoms with Gasteiger partial charge in [0.1, 0.15) is 0 Å². The minimum atomic E-state index is -4.49. The van der Waals surface area contributed by atoms with Crippen molar-refractivity contribution in [1.29, 1.82) is 0 Å². The summed E-state index contributed by atoms with van der Waals surface area (Å²) in [6.07, 6.45) is -4.49. The standard InChI is InChI=1S/C14H8ClF3O2/c15-10-4-5-11(13(19)20)12(7-10)8-2-1-3-9(6-8)14(16,17)18/h1-7H,(H,19,20). The predicted molar refractivity (Wildman–Crippen MR) is 68.8 cm³/mol. The molecule has 2 rings (SSSR count). The predicted octanol–water partition coefficient (Wildman–Crippen LogP) is 4.72. The lowest BCUT2D eigenvalue weighted by molar-refractivity contribution is -0.137. The molecule has 2 nitrogen and oxygen atoms in total. The molecule has 0 fully saturated rings. The molecule has 2 aromatic rings. The molecule has 0 spiro atoms. The summed E-state index contributed by atoms with van der Waals surface area (Å²) < 4.78 is 38.0. The van der Waals surface area contributed by atoms with Crippen LogP contribution in [0.2, 0.25) is 5.02 Å². The Balaban J connectivity index is 2.62. The fraction of sp³-hybridized carbons (Fsp3) is 0.0714. The van der Waals surface area contributed by atoms with E-state index in [-0.39, 0.29) is 21.7 Å². The van der Waals surface area contributed by atoms with Gasteiger partial charge in [0, 0.05) is 5.02 Å². The van der Waals surface area contributed by atoms with Crippen molar-refractivity contribution in [1.82, 2.24) is 0 Å². The molecule has 0 saturated heterocycles. The summed E-state index contributed by atoms with van der Waals surface area (Å²) in [5.74, 6) is -1.23. The monoisotopic (exact) mass is 300 g/mol. The first-order chi connectivity index (χ1) is 9.29. The molecule has 0 aliphatic carbocycles. The van der Waals surface area contributed by atoms with Gasteiger partial charge in [-0.2, -0.15) is 13.2 Å². The summed E-state index contributed by atoms with van der Waals surface area (Å²) in [7, 11) is 0. The van der Waals surface area contributed by atoms with Gasteiger partial charge in [-0.05, 0) is 41.5 Å². The van der Waals surface area contributed by atoms with E-state index in [0.717, 1.165) is 12.1 Å². The second-order valence-corrected chi connectivity index (χ2v) is 4.51. The van der Waals surface area contributed by atoms with Crippen molar-refractivity contribution in [3.05, 3.63) is 58.6 Å². The van der Waals surface area contributed by atoms with E-state index in [1.165, 1.54) is 30.3 Å². The molecule has 2 aromatic carbocycles. The molecule has 0 radical (unpaired) electrons. The largest absolute Gasteiger partial charge is 0.478 e. The lowest BCUT2D eigenvalue weighted by atomic mass is 9.98. The first-order valence-corrected chi connectivity index (χ1v) is 5.87. The molecule has 0 aliphatic rings. The summed E-state index contributed by atoms with van der Waals surface area (Å²) in [4.78, 5) is 11.1. The molecular weight excluding hydrogens is 293 g/mol. The average molecular weight is 301 g/mol. The average Bonchev–Trinajstić information content (AvgIpc) is 2.37. The van der Waals surface area contributed by atoms with Crippen LogP contribution in [-0.4, -0.2) is 11.1 Å². The third-order valence-electron chi connectivity index (χ3n) is 2.71. The van der Waals surface area contributed by atoms with Crippen molar-refractivity contribution < 1.29 is 23.1 Å². The van der Waals surface area contributed by atoms with Crippen LogP contribution < -0.4 is 0 Å². The topological polar surface area (TPSA) is 37.3 Å². The highest BCUT2D eigenvalue weighted by molar-refractivity contribution is 6.31. The Morgan fingerprint density at radius 2 is 1.80 bits per heavy atom. The van der Waals surface area contributed by atoms with E-state index >= 15 is 0 Å². The molecule has 0 bridgehead atoms. The van der Waals surface area contributed by atoms with E-state index in [1.807, 2.05) is 0 Å². The molecule has 0 saturated carbocycles. The number of carboxylic acids is 1. The van der Waals surface area contributed by atoms with Gasteiger partial charge in [-0.3, -0.25) is 0 Å². The summed E-state index contributed by atoms with van der Waals surface area (Å²) in [6.45, 7) is 0. The van der Waals surface area contributed by atoms with Gasteiger partial charge in [-0.15, -0.1) is 0 Å². The number of benzene rings is 2. The molecular formula is C14H8ClF3O2. The van der Waals surface area contributed by atoms with E-state index in [9.17, 15) is 18.0 Å². The van der Waals surface area contributed by atoms with E-state index in [4.69, 9.17) is 16.7 Å². The highest BCUT2D eigenvalue weighted by atomic mass is 35.5. The molecule has 6 heteroatoms. The van der Waals surface area contributed by atoms with Crippen molar-refractivity contribution in [3.63, 3.8) is 0 Å². The number of carboxylic acid groups (broad SMARTS) is 1. The van der Waals surface area contributed by atoms with Crippen LogP contribution in [0, 0.1) is 0 Å². The van der Waals surface area contributed by atoms with E-state index in [2.05, 4.69) is 0 Å². The van der Waals surface area contributed by atoms with Gasteiger partial charge in [0.05, 0.1) is 11.1 Å². The number of aromatic carboxylic acids is 1. The van der Waals surface area contributed by atoms with Gasteiger partial charge in [0.2, 0.25) is 0 Å². The minimum Gasteiger partial charge on any atom is -0.478 e. The molecule has 1 N–H and O–H groups in total. The fourth-order valence-electron chi connectivity index (χ4n) is 1.80. The molecule has 0 aromatic heterocycles. The van der Waals surface area contributed by atoms with Crippen LogP contribution in [-0.2, 0) is 6.18 Å². The maximum atomic E-state index is 12.7. The Labute approximate surface area is 117 Å². The SMILES string of the molecule is O=C(O)c1ccc(Cl)cc1-c1cccc(C(F)(F)F)c1. The molecule has 0 heterocycles. The second-order valence-electron chi connectivity index (χ2n) is 4.07. The molecule has 0 atom stereocenters. The van der Waals surface area contributed by atoms with Gasteiger partial charge in [0.25, 0.3) is 0 Å². The lowest BCUT2D eigenvalue weighted by Crippen LogP contribution is -2.05. The third-order valence-corrected chi connectivity index (χ3v) is 2.95. The quantitative estimate of drug-likeness (QED) is 0.871. The second kappa shape index (κ2) is 5.17. The highest BCUT2D eigenvalue weighted by Gasteiger charge is 2.30. The number of hydrogen-bond donors (Lipinski definition) is 1. The number of halogens is 4. The Kier molecular flexibility index (Phi) is 3.72. The Hall–Kier alpha value is -2.01. The normalized spacial score (nSPS) is 11.4. The van der Waals surface area contributed by atoms with Crippen molar-refractivity contribution in [2.45, 2.75) is 6.18 Å². The minimum absolute atomic E-state index is 0.103. The van der Waals surface area contributed by atoms with E-state index in [0.29, 0.717) is 0 Å². The van der Waals surface area contributed by atoms with Crippen LogP contribution in [0.4, 0.5) is 13.2 Å². The first-order valence-electron chi connectivity index (χ1n) is 5.49. The fourth-order valence-corrected chi connectivity index (χ4v) is 1.98. The summed E-state index contributed by atoms with van der Waals surface area (Å²) in [6, 6.07) is 8.44. The highest BCUT2D eigenvalue weighted by Crippen LogP contribution is 2.34. The zero-order chi connectivity index (χ0) is 14.9. The van der Waals surface area contributed by atoms with Gasteiger partial charge >= 0.3 is 12.1 Å². The van der Waals surface area contributed by atoms with Gasteiger partial charge in [-0.1, -0.05) is 23.7 Å². The maximum Gasteiger partial charge on any atom is 0.416 e. The van der Waals surface area contributed by atoms with E-state index < -0.39 is 17.7 Å². The van der Waals surface area contributed by atoms with Crippen molar-refractivity contribution in [3.8, 4) is 11.1 Å². The van der Waals surface area contributed by atoms with Crippen LogP contribution in [0.25, 0.3) is 11.1 Å². The van der Waals surface area contributed by atoms with Crippen LogP contribution >= 0.6 is 11.6 Å². The number of hydrogen-bond acceptors (Lipinski definition) is 1. The number of rotatable bonds is 2. The molecule has 0 unspecified atom stereocenters. The summed E-state index contributed by atoms with van der Waals surface area (Å²) in [5, 5.41) is 9.33. The van der Waals surface area contributed by atoms with Crippen LogP contribution in [0.3, 0.4) is 0 Å². The number of carbonyl (C=O) groups is 1. The first kappa shape index (κ1) is 14.4. The van der Waals surface area contributed by atoms with Gasteiger partial charge in [-0.25, -0.2) is 4.79 Å².